The number of hydrogen-bond acceptors (Lipinski definition) is 5. The molecule has 2 N–H and O–H groups in total. The van der Waals surface area contributed by atoms with E-state index in [0.717, 1.165) is 19.6 Å². The quantitative estimate of drug-likeness (QED) is 0.550. The van der Waals surface area contributed by atoms with Crippen LogP contribution in [0.3, 0.4) is 0 Å². The van der Waals surface area contributed by atoms with E-state index in [4.69, 9.17) is 9.47 Å². The van der Waals surface area contributed by atoms with E-state index in [2.05, 4.69) is 31.0 Å². The zero-order chi connectivity index (χ0) is 14.7. The summed E-state index contributed by atoms with van der Waals surface area (Å²) in [6, 6.07) is 0.367. The molecule has 0 rings (SSSR count). The summed E-state index contributed by atoms with van der Waals surface area (Å²) < 4.78 is 10.4. The van der Waals surface area contributed by atoms with Gasteiger partial charge in [-0.1, -0.05) is 13.8 Å². The van der Waals surface area contributed by atoms with E-state index in [1.54, 1.807) is 7.11 Å². The molecule has 0 aromatic heterocycles. The number of nitrogens with zero attached hydrogens (tertiary/aromatic N) is 1. The Morgan fingerprint density at radius 1 is 1.16 bits per heavy atom. The maximum atomic E-state index is 9.82. The Labute approximate surface area is 118 Å². The number of hydrogen-bond donors (Lipinski definition) is 2. The van der Waals surface area contributed by atoms with Gasteiger partial charge in [0.2, 0.25) is 0 Å². The molecule has 3 unspecified atom stereocenters. The zero-order valence-corrected chi connectivity index (χ0v) is 13.2. The standard InChI is InChI=1S/C14H32N2O3/c1-6-16(7-2)9-12(3)15-8-14(17)11-19-13(4)10-18-5/h12-15,17H,6-11H2,1-5H3. The molecule has 0 aliphatic heterocycles. The molecule has 0 aromatic carbocycles. The molecule has 0 saturated heterocycles. The van der Waals surface area contributed by atoms with Crippen LogP contribution in [0.4, 0.5) is 0 Å². The molecule has 0 saturated carbocycles. The number of aliphatic hydroxyl groups excluding tert-OH is 1. The predicted octanol–water partition coefficient (Wildman–Crippen LogP) is 0.719. The van der Waals surface area contributed by atoms with Gasteiger partial charge < -0.3 is 24.8 Å². The number of nitrogens with one attached hydrogen (secondary N) is 1. The van der Waals surface area contributed by atoms with Gasteiger partial charge in [0.15, 0.2) is 0 Å². The number of aliphatic hydroxyl groups is 1. The van der Waals surface area contributed by atoms with Crippen LogP contribution in [-0.2, 0) is 9.47 Å². The van der Waals surface area contributed by atoms with E-state index >= 15 is 0 Å². The maximum absolute atomic E-state index is 9.82. The Hall–Kier alpha value is -0.200. The van der Waals surface area contributed by atoms with E-state index < -0.39 is 6.10 Å². The predicted molar refractivity (Wildman–Crippen MR) is 78.5 cm³/mol. The van der Waals surface area contributed by atoms with E-state index in [0.29, 0.717) is 25.8 Å². The first-order valence-electron chi connectivity index (χ1n) is 7.27. The summed E-state index contributed by atoms with van der Waals surface area (Å²) >= 11 is 0. The van der Waals surface area contributed by atoms with Crippen molar-refractivity contribution >= 4 is 0 Å². The van der Waals surface area contributed by atoms with Gasteiger partial charge in [0.05, 0.1) is 25.4 Å². The Morgan fingerprint density at radius 3 is 2.32 bits per heavy atom. The molecule has 116 valence electrons. The number of methoxy groups -OCH3 is 1. The molecule has 0 aromatic rings. The molecule has 0 aliphatic rings. The van der Waals surface area contributed by atoms with Crippen LogP contribution < -0.4 is 5.32 Å². The summed E-state index contributed by atoms with van der Waals surface area (Å²) in [4.78, 5) is 2.36. The molecular weight excluding hydrogens is 244 g/mol. The normalized spacial score (nSPS) is 16.6. The third kappa shape index (κ3) is 10.3. The highest BCUT2D eigenvalue weighted by molar-refractivity contribution is 4.69. The van der Waals surface area contributed by atoms with Gasteiger partial charge in [-0.25, -0.2) is 0 Å². The van der Waals surface area contributed by atoms with Crippen molar-refractivity contribution in [2.24, 2.45) is 0 Å². The van der Waals surface area contributed by atoms with Crippen LogP contribution in [0.15, 0.2) is 0 Å². The van der Waals surface area contributed by atoms with Crippen molar-refractivity contribution in [3.63, 3.8) is 0 Å². The van der Waals surface area contributed by atoms with Crippen molar-refractivity contribution < 1.29 is 14.6 Å². The van der Waals surface area contributed by atoms with E-state index in [1.807, 2.05) is 6.92 Å². The van der Waals surface area contributed by atoms with E-state index in [-0.39, 0.29) is 6.10 Å². The molecule has 0 spiro atoms. The van der Waals surface area contributed by atoms with Crippen LogP contribution in [0, 0.1) is 0 Å². The lowest BCUT2D eigenvalue weighted by Gasteiger charge is -2.24. The van der Waals surface area contributed by atoms with Crippen molar-refractivity contribution in [1.82, 2.24) is 10.2 Å². The summed E-state index contributed by atoms with van der Waals surface area (Å²) in [6.45, 7) is 13.0. The SMILES string of the molecule is CCN(CC)CC(C)NCC(O)COC(C)COC. The lowest BCUT2D eigenvalue weighted by molar-refractivity contribution is -0.0316. The first kappa shape index (κ1) is 18.8. The molecule has 0 bridgehead atoms. The second-order valence-corrected chi connectivity index (χ2v) is 5.05. The first-order valence-corrected chi connectivity index (χ1v) is 7.27. The molecule has 0 aliphatic carbocycles. The van der Waals surface area contributed by atoms with Gasteiger partial charge in [0.25, 0.3) is 0 Å². The molecule has 0 radical (unpaired) electrons. The molecule has 0 heterocycles. The molecule has 5 heteroatoms. The number of rotatable bonds is 12. The third-order valence-corrected chi connectivity index (χ3v) is 3.10. The molecule has 3 atom stereocenters. The highest BCUT2D eigenvalue weighted by Gasteiger charge is 2.11. The lowest BCUT2D eigenvalue weighted by Crippen LogP contribution is -2.43. The highest BCUT2D eigenvalue weighted by atomic mass is 16.5. The summed E-state index contributed by atoms with van der Waals surface area (Å²) in [6.07, 6.45) is -0.453. The summed E-state index contributed by atoms with van der Waals surface area (Å²) in [5.41, 5.74) is 0. The maximum Gasteiger partial charge on any atom is 0.0897 e. The summed E-state index contributed by atoms with van der Waals surface area (Å²) in [5, 5.41) is 13.2. The fourth-order valence-corrected chi connectivity index (χ4v) is 1.89. The van der Waals surface area contributed by atoms with Gasteiger partial charge >= 0.3 is 0 Å². The average Bonchev–Trinajstić information content (AvgIpc) is 2.40. The van der Waals surface area contributed by atoms with Crippen LogP contribution in [-0.4, -0.2) is 74.8 Å². The molecule has 5 nitrogen and oxygen atoms in total. The van der Waals surface area contributed by atoms with Crippen molar-refractivity contribution in [3.05, 3.63) is 0 Å². The molecule has 0 fully saturated rings. The fourth-order valence-electron chi connectivity index (χ4n) is 1.89. The van der Waals surface area contributed by atoms with Gasteiger partial charge in [-0.2, -0.15) is 0 Å². The summed E-state index contributed by atoms with van der Waals surface area (Å²) in [7, 11) is 1.65. The minimum absolute atomic E-state index is 0.0211. The van der Waals surface area contributed by atoms with Crippen LogP contribution >= 0.6 is 0 Å². The van der Waals surface area contributed by atoms with E-state index in [9.17, 15) is 5.11 Å². The van der Waals surface area contributed by atoms with Gasteiger partial charge in [0, 0.05) is 26.2 Å². The molecule has 0 amide bonds. The van der Waals surface area contributed by atoms with Crippen LogP contribution in [0.1, 0.15) is 27.7 Å². The van der Waals surface area contributed by atoms with Gasteiger partial charge in [-0.05, 0) is 26.9 Å². The minimum Gasteiger partial charge on any atom is -0.389 e. The van der Waals surface area contributed by atoms with Gasteiger partial charge in [-0.3, -0.25) is 0 Å². The lowest BCUT2D eigenvalue weighted by atomic mass is 10.2. The number of ether oxygens (including phenoxy) is 2. The third-order valence-electron chi connectivity index (χ3n) is 3.10. The Kier molecular flexibility index (Phi) is 11.5. The van der Waals surface area contributed by atoms with E-state index in [1.165, 1.54) is 0 Å². The minimum atomic E-state index is -0.474. The highest BCUT2D eigenvalue weighted by Crippen LogP contribution is 1.95. The van der Waals surface area contributed by atoms with Crippen LogP contribution in [0.2, 0.25) is 0 Å². The first-order chi connectivity index (χ1) is 9.03. The Bertz CT molecular complexity index is 201. The second-order valence-electron chi connectivity index (χ2n) is 5.05. The van der Waals surface area contributed by atoms with Crippen molar-refractivity contribution in [1.29, 1.82) is 0 Å². The fraction of sp³-hybridized carbons (Fsp3) is 1.00. The van der Waals surface area contributed by atoms with Crippen LogP contribution in [0.5, 0.6) is 0 Å². The second kappa shape index (κ2) is 11.6. The summed E-state index contributed by atoms with van der Waals surface area (Å²) in [5.74, 6) is 0. The molecular formula is C14H32N2O3. The topological polar surface area (TPSA) is 54.0 Å². The number of likely N-dealkylation sites (N-methyl/N-ethyl adjacent to an activating group) is 1. The zero-order valence-electron chi connectivity index (χ0n) is 13.2. The Morgan fingerprint density at radius 2 is 1.79 bits per heavy atom. The van der Waals surface area contributed by atoms with Gasteiger partial charge in [-0.15, -0.1) is 0 Å². The van der Waals surface area contributed by atoms with Crippen molar-refractivity contribution in [2.75, 3.05) is 46.5 Å². The Balaban J connectivity index is 3.68. The van der Waals surface area contributed by atoms with Crippen molar-refractivity contribution in [3.8, 4) is 0 Å². The van der Waals surface area contributed by atoms with Gasteiger partial charge in [0.1, 0.15) is 0 Å². The van der Waals surface area contributed by atoms with Crippen molar-refractivity contribution in [2.45, 2.75) is 45.9 Å². The monoisotopic (exact) mass is 276 g/mol. The largest absolute Gasteiger partial charge is 0.389 e. The smallest absolute Gasteiger partial charge is 0.0897 e. The average molecular weight is 276 g/mol. The molecule has 19 heavy (non-hydrogen) atoms. The van der Waals surface area contributed by atoms with Crippen LogP contribution in [0.25, 0.3) is 0 Å².